The first kappa shape index (κ1) is 18.0. The van der Waals surface area contributed by atoms with Crippen molar-refractivity contribution in [2.45, 2.75) is 24.6 Å². The first-order valence-corrected chi connectivity index (χ1v) is 8.36. The molecule has 2 heterocycles. The number of amides is 2. The van der Waals surface area contributed by atoms with Gasteiger partial charge in [0.15, 0.2) is 0 Å². The van der Waals surface area contributed by atoms with Crippen LogP contribution in [0.1, 0.15) is 27.4 Å². The van der Waals surface area contributed by atoms with Gasteiger partial charge in [0.25, 0.3) is 5.91 Å². The quantitative estimate of drug-likeness (QED) is 0.801. The van der Waals surface area contributed by atoms with Crippen LogP contribution < -0.4 is 5.32 Å². The van der Waals surface area contributed by atoms with Crippen molar-refractivity contribution in [2.24, 2.45) is 0 Å². The Kier molecular flexibility index (Phi) is 5.97. The summed E-state index contributed by atoms with van der Waals surface area (Å²) in [5, 5.41) is 7.15. The number of nitrogens with one attached hydrogen (secondary N) is 1. The summed E-state index contributed by atoms with van der Waals surface area (Å²) in [5.41, 5.74) is 2.28. The summed E-state index contributed by atoms with van der Waals surface area (Å²) in [6.45, 7) is 3.69. The van der Waals surface area contributed by atoms with Gasteiger partial charge in [-0.1, -0.05) is 5.16 Å². The maximum atomic E-state index is 12.3. The summed E-state index contributed by atoms with van der Waals surface area (Å²) in [6, 6.07) is 3.39. The van der Waals surface area contributed by atoms with E-state index in [1.165, 1.54) is 16.7 Å². The molecule has 0 aliphatic carbocycles. The zero-order valence-corrected chi connectivity index (χ0v) is 14.9. The largest absolute Gasteiger partial charge is 0.361 e. The average molecular weight is 348 g/mol. The fourth-order valence-corrected chi connectivity index (χ4v) is 3.08. The van der Waals surface area contributed by atoms with E-state index in [4.69, 9.17) is 4.52 Å². The first-order chi connectivity index (χ1) is 11.4. The third-order valence-electron chi connectivity index (χ3n) is 3.45. The van der Waals surface area contributed by atoms with E-state index in [2.05, 4.69) is 15.5 Å². The Balaban J connectivity index is 2.07. The van der Waals surface area contributed by atoms with Crippen molar-refractivity contribution >= 4 is 23.6 Å². The molecule has 0 aliphatic heterocycles. The van der Waals surface area contributed by atoms with Crippen molar-refractivity contribution in [1.29, 1.82) is 0 Å². The highest BCUT2D eigenvalue weighted by Crippen LogP contribution is 2.27. The van der Waals surface area contributed by atoms with Crippen LogP contribution in [0, 0.1) is 13.8 Å². The average Bonchev–Trinajstić information content (AvgIpc) is 2.88. The number of nitrogens with zero attached hydrogens (tertiary/aromatic N) is 3. The Morgan fingerprint density at radius 1 is 1.33 bits per heavy atom. The Morgan fingerprint density at radius 3 is 2.71 bits per heavy atom. The van der Waals surface area contributed by atoms with E-state index in [9.17, 15) is 9.59 Å². The van der Waals surface area contributed by atoms with Crippen molar-refractivity contribution in [1.82, 2.24) is 20.4 Å². The highest BCUT2D eigenvalue weighted by atomic mass is 32.2. The van der Waals surface area contributed by atoms with Gasteiger partial charge < -0.3 is 14.7 Å². The Hall–Kier alpha value is -2.35. The molecule has 0 saturated heterocycles. The number of aryl methyl sites for hydroxylation is 2. The summed E-state index contributed by atoms with van der Waals surface area (Å²) in [5.74, 6) is 0.880. The molecular formula is C16H20N4O3S. The number of hydrogen-bond acceptors (Lipinski definition) is 6. The lowest BCUT2D eigenvalue weighted by Gasteiger charge is -2.12. The van der Waals surface area contributed by atoms with E-state index >= 15 is 0 Å². The van der Waals surface area contributed by atoms with E-state index in [0.29, 0.717) is 16.3 Å². The third-order valence-corrected chi connectivity index (χ3v) is 4.48. The molecule has 0 spiro atoms. The molecule has 0 bridgehead atoms. The lowest BCUT2D eigenvalue weighted by Crippen LogP contribution is -2.36. The van der Waals surface area contributed by atoms with E-state index in [0.717, 1.165) is 17.0 Å². The minimum Gasteiger partial charge on any atom is -0.361 e. The Morgan fingerprint density at radius 2 is 2.08 bits per heavy atom. The van der Waals surface area contributed by atoms with Crippen LogP contribution in [0.4, 0.5) is 0 Å². The van der Waals surface area contributed by atoms with Crippen LogP contribution in [0.3, 0.4) is 0 Å². The highest BCUT2D eigenvalue weighted by Gasteiger charge is 2.16. The lowest BCUT2D eigenvalue weighted by molar-refractivity contribution is -0.127. The monoisotopic (exact) mass is 348 g/mol. The van der Waals surface area contributed by atoms with Gasteiger partial charge in [-0.25, -0.2) is 4.98 Å². The van der Waals surface area contributed by atoms with Crippen LogP contribution >= 0.6 is 11.8 Å². The lowest BCUT2D eigenvalue weighted by atomic mass is 10.2. The van der Waals surface area contributed by atoms with Gasteiger partial charge >= 0.3 is 0 Å². The predicted molar refractivity (Wildman–Crippen MR) is 90.8 cm³/mol. The van der Waals surface area contributed by atoms with Crippen molar-refractivity contribution in [3.05, 3.63) is 40.9 Å². The van der Waals surface area contributed by atoms with Crippen molar-refractivity contribution < 1.29 is 14.1 Å². The van der Waals surface area contributed by atoms with Crippen molar-refractivity contribution in [3.63, 3.8) is 0 Å². The van der Waals surface area contributed by atoms with E-state index < -0.39 is 0 Å². The van der Waals surface area contributed by atoms with Crippen LogP contribution in [0.2, 0.25) is 0 Å². The fourth-order valence-electron chi connectivity index (χ4n) is 1.94. The molecule has 7 nitrogen and oxygen atoms in total. The van der Waals surface area contributed by atoms with Crippen LogP contribution in [-0.2, 0) is 10.5 Å². The zero-order valence-electron chi connectivity index (χ0n) is 14.1. The molecule has 0 fully saturated rings. The Bertz CT molecular complexity index is 723. The van der Waals surface area contributed by atoms with Crippen LogP contribution in [0.15, 0.2) is 27.9 Å². The number of carbonyl (C=O) groups is 2. The van der Waals surface area contributed by atoms with Crippen molar-refractivity contribution in [3.8, 4) is 0 Å². The molecular weight excluding hydrogens is 328 g/mol. The number of pyridine rings is 1. The van der Waals surface area contributed by atoms with Crippen LogP contribution in [-0.4, -0.2) is 47.5 Å². The molecule has 0 unspecified atom stereocenters. The fraction of sp³-hybridized carbons (Fsp3) is 0.375. The maximum Gasteiger partial charge on any atom is 0.254 e. The molecule has 0 radical (unpaired) electrons. The molecule has 24 heavy (non-hydrogen) atoms. The molecule has 0 atom stereocenters. The first-order valence-electron chi connectivity index (χ1n) is 7.38. The van der Waals surface area contributed by atoms with Gasteiger partial charge in [0.05, 0.1) is 17.8 Å². The summed E-state index contributed by atoms with van der Waals surface area (Å²) in [4.78, 5) is 29.6. The molecule has 2 rings (SSSR count). The maximum absolute atomic E-state index is 12.3. The smallest absolute Gasteiger partial charge is 0.254 e. The van der Waals surface area contributed by atoms with E-state index in [1.54, 1.807) is 32.4 Å². The standard InChI is InChI=1S/C16H20N4O3S/c1-10-13(11(2)23-19-10)9-24-16-12(6-5-7-17-16)15(22)18-8-14(21)20(3)4/h5-7H,8-9H2,1-4H3,(H,18,22). The predicted octanol–water partition coefficient (Wildman–Crippen LogP) is 1.80. The topological polar surface area (TPSA) is 88.3 Å². The van der Waals surface area contributed by atoms with Gasteiger partial charge in [0.2, 0.25) is 5.91 Å². The molecule has 0 aromatic carbocycles. The summed E-state index contributed by atoms with van der Waals surface area (Å²) >= 11 is 1.43. The number of aromatic nitrogens is 2. The molecule has 128 valence electrons. The number of carbonyl (C=O) groups excluding carboxylic acids is 2. The summed E-state index contributed by atoms with van der Waals surface area (Å²) < 4.78 is 5.14. The number of likely N-dealkylation sites (N-methyl/N-ethyl adjacent to an activating group) is 1. The van der Waals surface area contributed by atoms with Crippen LogP contribution in [0.5, 0.6) is 0 Å². The second-order valence-electron chi connectivity index (χ2n) is 5.42. The molecule has 0 aliphatic rings. The SMILES string of the molecule is Cc1noc(C)c1CSc1ncccc1C(=O)NCC(=O)N(C)C. The molecule has 1 N–H and O–H groups in total. The number of thioether (sulfide) groups is 1. The minimum atomic E-state index is -0.320. The highest BCUT2D eigenvalue weighted by molar-refractivity contribution is 7.98. The normalized spacial score (nSPS) is 10.5. The number of rotatable bonds is 6. The summed E-state index contributed by atoms with van der Waals surface area (Å²) in [6.07, 6.45) is 1.64. The minimum absolute atomic E-state index is 0.0469. The third kappa shape index (κ3) is 4.35. The van der Waals surface area contributed by atoms with E-state index in [1.807, 2.05) is 13.8 Å². The number of hydrogen-bond donors (Lipinski definition) is 1. The molecule has 0 saturated carbocycles. The van der Waals surface area contributed by atoms with Crippen molar-refractivity contribution in [2.75, 3.05) is 20.6 Å². The van der Waals surface area contributed by atoms with Gasteiger partial charge in [-0.05, 0) is 26.0 Å². The molecule has 2 aromatic heterocycles. The van der Waals surface area contributed by atoms with Gasteiger partial charge in [-0.15, -0.1) is 11.8 Å². The second kappa shape index (κ2) is 7.96. The molecule has 2 aromatic rings. The molecule has 8 heteroatoms. The second-order valence-corrected chi connectivity index (χ2v) is 6.38. The van der Waals surface area contributed by atoms with Gasteiger partial charge in [-0.2, -0.15) is 0 Å². The van der Waals surface area contributed by atoms with Gasteiger partial charge in [0.1, 0.15) is 10.8 Å². The summed E-state index contributed by atoms with van der Waals surface area (Å²) in [7, 11) is 3.28. The molecule has 2 amide bonds. The van der Waals surface area contributed by atoms with Gasteiger partial charge in [0, 0.05) is 31.6 Å². The Labute approximate surface area is 144 Å². The van der Waals surface area contributed by atoms with E-state index in [-0.39, 0.29) is 18.4 Å². The van der Waals surface area contributed by atoms with Crippen LogP contribution in [0.25, 0.3) is 0 Å². The zero-order chi connectivity index (χ0) is 17.7. The van der Waals surface area contributed by atoms with Gasteiger partial charge in [-0.3, -0.25) is 9.59 Å².